The van der Waals surface area contributed by atoms with Crippen molar-refractivity contribution in [3.8, 4) is 11.1 Å². The van der Waals surface area contributed by atoms with Gasteiger partial charge in [0.1, 0.15) is 5.82 Å². The van der Waals surface area contributed by atoms with Crippen LogP contribution in [0.1, 0.15) is 10.4 Å². The maximum atomic E-state index is 12.9. The second-order valence-corrected chi connectivity index (χ2v) is 4.14. The third-order valence-corrected chi connectivity index (χ3v) is 2.94. The average Bonchev–Trinajstić information content (AvgIpc) is 2.47. The summed E-state index contributed by atoms with van der Waals surface area (Å²) >= 11 is 0. The van der Waals surface area contributed by atoms with E-state index in [-0.39, 0.29) is 5.82 Å². The highest BCUT2D eigenvalue weighted by Gasteiger charge is 2.05. The van der Waals surface area contributed by atoms with Gasteiger partial charge in [0.25, 0.3) is 0 Å². The van der Waals surface area contributed by atoms with Gasteiger partial charge in [-0.1, -0.05) is 12.1 Å². The molecule has 0 bridgehead atoms. The molecule has 0 unspecified atom stereocenters. The van der Waals surface area contributed by atoms with Crippen LogP contribution in [-0.2, 0) is 0 Å². The summed E-state index contributed by atoms with van der Waals surface area (Å²) in [5.41, 5.74) is 2.84. The lowest BCUT2D eigenvalue weighted by atomic mass is 10.0. The summed E-state index contributed by atoms with van der Waals surface area (Å²) in [5.74, 6) is -0.282. The first-order valence-electron chi connectivity index (χ1n) is 5.73. The number of carbonyl (C=O) groups is 1. The largest absolute Gasteiger partial charge is 0.298 e. The average molecular weight is 252 g/mol. The molecule has 0 spiro atoms. The smallest absolute Gasteiger partial charge is 0.152 e. The number of benzene rings is 1. The monoisotopic (exact) mass is 252 g/mol. The molecule has 0 saturated heterocycles. The second kappa shape index (κ2) is 4.57. The molecule has 4 heteroatoms. The van der Waals surface area contributed by atoms with Crippen molar-refractivity contribution in [2.75, 3.05) is 0 Å². The molecule has 2 heterocycles. The molecule has 0 saturated carbocycles. The van der Waals surface area contributed by atoms with E-state index < -0.39 is 0 Å². The number of carbonyl (C=O) groups excluding carboxylic acids is 1. The Labute approximate surface area is 108 Å². The molecule has 0 radical (unpaired) electrons. The summed E-state index contributed by atoms with van der Waals surface area (Å²) in [4.78, 5) is 19.2. The van der Waals surface area contributed by atoms with Crippen molar-refractivity contribution in [2.45, 2.75) is 0 Å². The van der Waals surface area contributed by atoms with Crippen molar-refractivity contribution >= 4 is 17.2 Å². The molecule has 0 aliphatic rings. The summed E-state index contributed by atoms with van der Waals surface area (Å²) < 4.78 is 12.9. The van der Waals surface area contributed by atoms with Gasteiger partial charge in [0.15, 0.2) is 6.29 Å². The van der Waals surface area contributed by atoms with Gasteiger partial charge in [-0.2, -0.15) is 0 Å². The lowest BCUT2D eigenvalue weighted by molar-refractivity contribution is 0.112. The van der Waals surface area contributed by atoms with E-state index in [1.807, 2.05) is 6.07 Å². The number of halogens is 1. The van der Waals surface area contributed by atoms with Gasteiger partial charge >= 0.3 is 0 Å². The van der Waals surface area contributed by atoms with Gasteiger partial charge in [0, 0.05) is 28.9 Å². The van der Waals surface area contributed by atoms with Crippen molar-refractivity contribution < 1.29 is 9.18 Å². The normalized spacial score (nSPS) is 10.6. The van der Waals surface area contributed by atoms with Gasteiger partial charge in [-0.3, -0.25) is 14.8 Å². The van der Waals surface area contributed by atoms with Crippen LogP contribution in [0.4, 0.5) is 4.39 Å². The number of pyridine rings is 2. The molecule has 3 nitrogen and oxygen atoms in total. The van der Waals surface area contributed by atoms with Crippen LogP contribution in [0, 0.1) is 5.82 Å². The summed E-state index contributed by atoms with van der Waals surface area (Å²) in [6.45, 7) is 0. The Hall–Kier alpha value is -2.62. The van der Waals surface area contributed by atoms with Crippen molar-refractivity contribution in [2.24, 2.45) is 0 Å². The number of aldehydes is 1. The van der Waals surface area contributed by atoms with Crippen LogP contribution in [0.3, 0.4) is 0 Å². The molecular formula is C15H9FN2O. The molecule has 3 aromatic rings. The minimum absolute atomic E-state index is 0.282. The third kappa shape index (κ3) is 2.08. The predicted molar refractivity (Wildman–Crippen MR) is 70.3 cm³/mol. The molecule has 0 aliphatic heterocycles. The minimum Gasteiger partial charge on any atom is -0.298 e. The molecule has 3 rings (SSSR count). The zero-order valence-electron chi connectivity index (χ0n) is 9.88. The predicted octanol–water partition coefficient (Wildman–Crippen LogP) is 3.25. The Bertz CT molecular complexity index is 754. The molecule has 0 N–H and O–H groups in total. The van der Waals surface area contributed by atoms with Gasteiger partial charge < -0.3 is 0 Å². The van der Waals surface area contributed by atoms with E-state index in [9.17, 15) is 9.18 Å². The van der Waals surface area contributed by atoms with E-state index in [0.717, 1.165) is 22.8 Å². The maximum absolute atomic E-state index is 12.9. The van der Waals surface area contributed by atoms with E-state index in [1.165, 1.54) is 18.3 Å². The molecule has 0 fully saturated rings. The van der Waals surface area contributed by atoms with Crippen molar-refractivity contribution in [1.29, 1.82) is 0 Å². The van der Waals surface area contributed by atoms with Gasteiger partial charge in [-0.25, -0.2) is 4.39 Å². The van der Waals surface area contributed by atoms with E-state index in [1.54, 1.807) is 24.5 Å². The molecule has 92 valence electrons. The van der Waals surface area contributed by atoms with Gasteiger partial charge in [0.2, 0.25) is 0 Å². The topological polar surface area (TPSA) is 42.9 Å². The number of hydrogen-bond acceptors (Lipinski definition) is 3. The van der Waals surface area contributed by atoms with Crippen LogP contribution in [0.5, 0.6) is 0 Å². The molecular weight excluding hydrogens is 243 g/mol. The molecule has 1 aromatic carbocycles. The summed E-state index contributed by atoms with van der Waals surface area (Å²) in [7, 11) is 0. The fraction of sp³-hybridized carbons (Fsp3) is 0. The van der Waals surface area contributed by atoms with Gasteiger partial charge in [-0.15, -0.1) is 0 Å². The van der Waals surface area contributed by atoms with E-state index in [4.69, 9.17) is 0 Å². The highest BCUT2D eigenvalue weighted by atomic mass is 19.1. The minimum atomic E-state index is -0.282. The first-order chi connectivity index (χ1) is 9.28. The summed E-state index contributed by atoms with van der Waals surface area (Å²) in [6, 6.07) is 8.01. The number of hydrogen-bond donors (Lipinski definition) is 0. The van der Waals surface area contributed by atoms with Crippen LogP contribution < -0.4 is 0 Å². The Balaban J connectivity index is 2.20. The van der Waals surface area contributed by atoms with Gasteiger partial charge in [-0.05, 0) is 23.8 Å². The standard InChI is InChI=1S/C15H9FN2O/c16-13-3-1-10(2-4-13)11-5-14-12(9-19)6-17-8-15(14)18-7-11/h1-9H. The van der Waals surface area contributed by atoms with Crippen LogP contribution in [0.25, 0.3) is 22.0 Å². The maximum Gasteiger partial charge on any atom is 0.152 e. The molecule has 2 aromatic heterocycles. The molecule has 19 heavy (non-hydrogen) atoms. The lowest BCUT2D eigenvalue weighted by Gasteiger charge is -2.04. The van der Waals surface area contributed by atoms with E-state index in [2.05, 4.69) is 9.97 Å². The Morgan fingerprint density at radius 3 is 2.53 bits per heavy atom. The van der Waals surface area contributed by atoms with E-state index in [0.29, 0.717) is 11.1 Å². The molecule has 0 amide bonds. The van der Waals surface area contributed by atoms with Crippen LogP contribution in [0.15, 0.2) is 48.9 Å². The van der Waals surface area contributed by atoms with Gasteiger partial charge in [0.05, 0.1) is 11.7 Å². The Kier molecular flexibility index (Phi) is 2.76. The number of rotatable bonds is 2. The Morgan fingerprint density at radius 1 is 1.00 bits per heavy atom. The zero-order chi connectivity index (χ0) is 13.2. The Morgan fingerprint density at radius 2 is 1.79 bits per heavy atom. The van der Waals surface area contributed by atoms with Crippen molar-refractivity contribution in [1.82, 2.24) is 9.97 Å². The summed E-state index contributed by atoms with van der Waals surface area (Å²) in [6.07, 6.45) is 5.56. The molecule has 0 atom stereocenters. The highest BCUT2D eigenvalue weighted by Crippen LogP contribution is 2.23. The fourth-order valence-corrected chi connectivity index (χ4v) is 1.96. The number of fused-ring (bicyclic) bond motifs is 1. The summed E-state index contributed by atoms with van der Waals surface area (Å²) in [5, 5.41) is 0.742. The first-order valence-corrected chi connectivity index (χ1v) is 5.73. The third-order valence-electron chi connectivity index (χ3n) is 2.94. The highest BCUT2D eigenvalue weighted by molar-refractivity contribution is 5.97. The van der Waals surface area contributed by atoms with Crippen molar-refractivity contribution in [3.05, 3.63) is 60.3 Å². The van der Waals surface area contributed by atoms with Crippen LogP contribution >= 0.6 is 0 Å². The van der Waals surface area contributed by atoms with Crippen LogP contribution in [0.2, 0.25) is 0 Å². The van der Waals surface area contributed by atoms with E-state index >= 15 is 0 Å². The molecule has 0 aliphatic carbocycles. The number of nitrogens with zero attached hydrogens (tertiary/aromatic N) is 2. The lowest BCUT2D eigenvalue weighted by Crippen LogP contribution is -1.90. The van der Waals surface area contributed by atoms with Crippen molar-refractivity contribution in [3.63, 3.8) is 0 Å². The quantitative estimate of drug-likeness (QED) is 0.657. The van der Waals surface area contributed by atoms with Crippen LogP contribution in [-0.4, -0.2) is 16.3 Å². The number of aromatic nitrogens is 2. The fourth-order valence-electron chi connectivity index (χ4n) is 1.96. The second-order valence-electron chi connectivity index (χ2n) is 4.14. The first kappa shape index (κ1) is 11.5. The zero-order valence-corrected chi connectivity index (χ0v) is 9.88. The SMILES string of the molecule is O=Cc1cncc2ncc(-c3ccc(F)cc3)cc12.